The van der Waals surface area contributed by atoms with Crippen molar-refractivity contribution in [3.05, 3.63) is 28.7 Å². The second-order valence-corrected chi connectivity index (χ2v) is 9.23. The average Bonchev–Trinajstić information content (AvgIpc) is 2.68. The molecule has 1 aliphatic carbocycles. The summed E-state index contributed by atoms with van der Waals surface area (Å²) < 4.78 is 1.04. The van der Waals surface area contributed by atoms with E-state index in [4.69, 9.17) is 0 Å². The van der Waals surface area contributed by atoms with Crippen LogP contribution in [0.1, 0.15) is 44.9 Å². The van der Waals surface area contributed by atoms with E-state index in [1.165, 1.54) is 19.3 Å². The molecule has 1 aromatic rings. The first-order chi connectivity index (χ1) is 12.6. The van der Waals surface area contributed by atoms with E-state index < -0.39 is 0 Å². The van der Waals surface area contributed by atoms with Gasteiger partial charge < -0.3 is 10.2 Å². The minimum Gasteiger partial charge on any atom is -0.353 e. The van der Waals surface area contributed by atoms with Crippen LogP contribution in [0.5, 0.6) is 0 Å². The van der Waals surface area contributed by atoms with Crippen LogP contribution in [0.15, 0.2) is 33.6 Å². The van der Waals surface area contributed by atoms with E-state index >= 15 is 0 Å². The van der Waals surface area contributed by atoms with Crippen molar-refractivity contribution in [3.8, 4) is 0 Å². The lowest BCUT2D eigenvalue weighted by molar-refractivity contribution is -0.134. The fourth-order valence-corrected chi connectivity index (χ4v) is 4.82. The Kier molecular flexibility index (Phi) is 7.43. The summed E-state index contributed by atoms with van der Waals surface area (Å²) in [6.07, 6.45) is 7.73. The number of carbonyl (C=O) groups excluding carboxylic acids is 2. The van der Waals surface area contributed by atoms with Crippen molar-refractivity contribution in [2.75, 3.05) is 18.8 Å². The van der Waals surface area contributed by atoms with Crippen molar-refractivity contribution in [2.24, 2.45) is 5.92 Å². The van der Waals surface area contributed by atoms with Crippen LogP contribution in [0, 0.1) is 5.92 Å². The molecule has 3 rings (SSSR count). The van der Waals surface area contributed by atoms with Gasteiger partial charge in [-0.3, -0.25) is 9.59 Å². The summed E-state index contributed by atoms with van der Waals surface area (Å²) in [5, 5.41) is 3.22. The van der Waals surface area contributed by atoms with Gasteiger partial charge in [-0.1, -0.05) is 35.2 Å². The standard InChI is InChI=1S/C20H27BrN2O2S/c21-16-8-10-18(11-9-16)26-14-19(24)23-12-4-5-15(13-23)20(25)22-17-6-2-1-3-7-17/h8-11,15,17H,1-7,12-14H2,(H,22,25). The predicted molar refractivity (Wildman–Crippen MR) is 109 cm³/mol. The SMILES string of the molecule is O=C(NC1CCCCC1)C1CCCN(C(=O)CSc2ccc(Br)cc2)C1. The van der Waals surface area contributed by atoms with E-state index in [1.54, 1.807) is 11.8 Å². The van der Waals surface area contributed by atoms with Gasteiger partial charge in [0.1, 0.15) is 0 Å². The topological polar surface area (TPSA) is 49.4 Å². The molecule has 1 saturated heterocycles. The first-order valence-corrected chi connectivity index (χ1v) is 11.4. The van der Waals surface area contributed by atoms with Crippen molar-refractivity contribution < 1.29 is 9.59 Å². The zero-order valence-corrected chi connectivity index (χ0v) is 17.5. The van der Waals surface area contributed by atoms with Gasteiger partial charge in [-0.2, -0.15) is 0 Å². The van der Waals surface area contributed by atoms with E-state index in [-0.39, 0.29) is 17.7 Å². The Bertz CT molecular complexity index is 617. The summed E-state index contributed by atoms with van der Waals surface area (Å²) in [7, 11) is 0. The van der Waals surface area contributed by atoms with Gasteiger partial charge >= 0.3 is 0 Å². The quantitative estimate of drug-likeness (QED) is 0.699. The molecule has 26 heavy (non-hydrogen) atoms. The molecule has 6 heteroatoms. The highest BCUT2D eigenvalue weighted by Gasteiger charge is 2.29. The second-order valence-electron chi connectivity index (χ2n) is 7.27. The molecular weight excluding hydrogens is 412 g/mol. The summed E-state index contributed by atoms with van der Waals surface area (Å²) in [5.74, 6) is 0.661. The average molecular weight is 439 g/mol. The first kappa shape index (κ1) is 19.7. The number of thioether (sulfide) groups is 1. The Morgan fingerprint density at radius 1 is 1.08 bits per heavy atom. The zero-order chi connectivity index (χ0) is 18.4. The number of likely N-dealkylation sites (tertiary alicyclic amines) is 1. The van der Waals surface area contributed by atoms with Crippen molar-refractivity contribution in [2.45, 2.75) is 55.9 Å². The summed E-state index contributed by atoms with van der Waals surface area (Å²) in [6, 6.07) is 8.34. The zero-order valence-electron chi connectivity index (χ0n) is 15.1. The number of halogens is 1. The molecule has 1 N–H and O–H groups in total. The second kappa shape index (κ2) is 9.79. The van der Waals surface area contributed by atoms with Crippen LogP contribution in [0.25, 0.3) is 0 Å². The molecular formula is C20H27BrN2O2S. The van der Waals surface area contributed by atoms with Crippen molar-refractivity contribution >= 4 is 39.5 Å². The lowest BCUT2D eigenvalue weighted by Crippen LogP contribution is -2.48. The Morgan fingerprint density at radius 3 is 2.54 bits per heavy atom. The lowest BCUT2D eigenvalue weighted by atomic mass is 9.93. The Hall–Kier alpha value is -1.01. The molecule has 1 saturated carbocycles. The molecule has 1 aromatic carbocycles. The first-order valence-electron chi connectivity index (χ1n) is 9.58. The number of nitrogens with zero attached hydrogens (tertiary/aromatic N) is 1. The number of carbonyl (C=O) groups is 2. The molecule has 2 fully saturated rings. The van der Waals surface area contributed by atoms with Gasteiger partial charge in [0, 0.05) is 28.5 Å². The van der Waals surface area contributed by atoms with Crippen LogP contribution < -0.4 is 5.32 Å². The molecule has 0 radical (unpaired) electrons. The molecule has 1 atom stereocenters. The van der Waals surface area contributed by atoms with Gasteiger partial charge in [-0.05, 0) is 49.9 Å². The lowest BCUT2D eigenvalue weighted by Gasteiger charge is -2.33. The highest BCUT2D eigenvalue weighted by atomic mass is 79.9. The number of rotatable bonds is 5. The fraction of sp³-hybridized carbons (Fsp3) is 0.600. The molecule has 142 valence electrons. The van der Waals surface area contributed by atoms with Crippen LogP contribution in [-0.2, 0) is 9.59 Å². The molecule has 0 bridgehead atoms. The van der Waals surface area contributed by atoms with Gasteiger partial charge in [-0.25, -0.2) is 0 Å². The number of hydrogen-bond acceptors (Lipinski definition) is 3. The van der Waals surface area contributed by atoms with Crippen LogP contribution in [0.2, 0.25) is 0 Å². The third-order valence-corrected chi connectivity index (χ3v) is 6.80. The summed E-state index contributed by atoms with van der Waals surface area (Å²) in [4.78, 5) is 28.1. The molecule has 2 aliphatic rings. The number of nitrogens with one attached hydrogen (secondary N) is 1. The van der Waals surface area contributed by atoms with Crippen molar-refractivity contribution in [1.29, 1.82) is 0 Å². The Morgan fingerprint density at radius 2 is 1.81 bits per heavy atom. The maximum atomic E-state index is 12.6. The van der Waals surface area contributed by atoms with Gasteiger partial charge in [-0.15, -0.1) is 11.8 Å². The molecule has 1 aliphatic heterocycles. The normalized spacial score (nSPS) is 21.4. The Balaban J connectivity index is 1.46. The van der Waals surface area contributed by atoms with Crippen LogP contribution in [-0.4, -0.2) is 41.6 Å². The smallest absolute Gasteiger partial charge is 0.232 e. The number of benzene rings is 1. The largest absolute Gasteiger partial charge is 0.353 e. The molecule has 0 aromatic heterocycles. The summed E-state index contributed by atoms with van der Waals surface area (Å²) in [5.41, 5.74) is 0. The predicted octanol–water partition coefficient (Wildman–Crippen LogP) is 4.23. The fourth-order valence-electron chi connectivity index (χ4n) is 3.75. The number of hydrogen-bond donors (Lipinski definition) is 1. The van der Waals surface area contributed by atoms with Gasteiger partial charge in [0.2, 0.25) is 11.8 Å². The van der Waals surface area contributed by atoms with E-state index in [9.17, 15) is 9.59 Å². The number of piperidine rings is 1. The summed E-state index contributed by atoms with van der Waals surface area (Å²) in [6.45, 7) is 1.34. The Labute approximate surface area is 168 Å². The molecule has 2 amide bonds. The third kappa shape index (κ3) is 5.74. The van der Waals surface area contributed by atoms with E-state index in [2.05, 4.69) is 21.2 Å². The molecule has 0 spiro atoms. The highest BCUT2D eigenvalue weighted by molar-refractivity contribution is 9.10. The van der Waals surface area contributed by atoms with Crippen molar-refractivity contribution in [1.82, 2.24) is 10.2 Å². The maximum absolute atomic E-state index is 12.6. The third-order valence-electron chi connectivity index (χ3n) is 5.27. The van der Waals surface area contributed by atoms with Crippen LogP contribution >= 0.6 is 27.7 Å². The van der Waals surface area contributed by atoms with Gasteiger partial charge in [0.25, 0.3) is 0 Å². The highest BCUT2D eigenvalue weighted by Crippen LogP contribution is 2.24. The van der Waals surface area contributed by atoms with Gasteiger partial charge in [0.15, 0.2) is 0 Å². The van der Waals surface area contributed by atoms with Crippen LogP contribution in [0.4, 0.5) is 0 Å². The molecule has 1 heterocycles. The van der Waals surface area contributed by atoms with E-state index in [1.807, 2.05) is 29.2 Å². The van der Waals surface area contributed by atoms with E-state index in [0.717, 1.165) is 41.6 Å². The van der Waals surface area contributed by atoms with Crippen LogP contribution in [0.3, 0.4) is 0 Å². The van der Waals surface area contributed by atoms with Gasteiger partial charge in [0.05, 0.1) is 11.7 Å². The minimum atomic E-state index is -0.0488. The molecule has 1 unspecified atom stereocenters. The summed E-state index contributed by atoms with van der Waals surface area (Å²) >= 11 is 4.98. The number of amides is 2. The van der Waals surface area contributed by atoms with E-state index in [0.29, 0.717) is 18.3 Å². The van der Waals surface area contributed by atoms with Crippen molar-refractivity contribution in [3.63, 3.8) is 0 Å². The monoisotopic (exact) mass is 438 g/mol. The molecule has 4 nitrogen and oxygen atoms in total. The maximum Gasteiger partial charge on any atom is 0.232 e. The minimum absolute atomic E-state index is 0.0488.